The molecular weight excluding hydrogens is 442 g/mol. The summed E-state index contributed by atoms with van der Waals surface area (Å²) in [6.45, 7) is 0. The fourth-order valence-corrected chi connectivity index (χ4v) is 3.36. The normalized spacial score (nSPS) is 13.7. The van der Waals surface area contributed by atoms with Crippen molar-refractivity contribution in [2.75, 3.05) is 0 Å². The topological polar surface area (TPSA) is 89.3 Å². The Kier molecular flexibility index (Phi) is 6.33. The first-order valence-corrected chi connectivity index (χ1v) is 9.12. The first kappa shape index (κ1) is 21.7. The second-order valence-corrected chi connectivity index (χ2v) is 7.06. The lowest BCUT2D eigenvalue weighted by molar-refractivity contribution is -0.139. The second kappa shape index (κ2) is 8.76. The van der Waals surface area contributed by atoms with E-state index in [0.29, 0.717) is 11.3 Å². The Hall–Kier alpha value is -3.04. The third kappa shape index (κ3) is 4.92. The van der Waals surface area contributed by atoms with Gasteiger partial charge in [-0.15, -0.1) is 0 Å². The maximum absolute atomic E-state index is 13.7. The molecule has 0 radical (unpaired) electrons. The van der Waals surface area contributed by atoms with E-state index in [2.05, 4.69) is 15.2 Å². The van der Waals surface area contributed by atoms with Gasteiger partial charge in [0, 0.05) is 15.6 Å². The summed E-state index contributed by atoms with van der Waals surface area (Å²) >= 11 is 11.7. The van der Waals surface area contributed by atoms with Gasteiger partial charge in [-0.1, -0.05) is 46.6 Å². The largest absolute Gasteiger partial charge is 0.409 e. The molecule has 30 heavy (non-hydrogen) atoms. The van der Waals surface area contributed by atoms with Crippen LogP contribution in [0.5, 0.6) is 0 Å². The summed E-state index contributed by atoms with van der Waals surface area (Å²) in [5, 5.41) is 16.2. The lowest BCUT2D eigenvalue weighted by Crippen LogP contribution is -2.19. The molecule has 0 aliphatic rings. The third-order valence-corrected chi connectivity index (χ3v) is 4.58. The Morgan fingerprint density at radius 1 is 1.17 bits per heavy atom. The van der Waals surface area contributed by atoms with E-state index < -0.39 is 12.1 Å². The van der Waals surface area contributed by atoms with Gasteiger partial charge in [-0.05, 0) is 41.5 Å². The highest BCUT2D eigenvalue weighted by atomic mass is 35.5. The molecule has 0 aliphatic heterocycles. The van der Waals surface area contributed by atoms with Gasteiger partial charge >= 0.3 is 6.18 Å². The third-order valence-electron chi connectivity index (χ3n) is 4.15. The number of nitrogens with two attached hydrogens (primary N) is 1. The van der Waals surface area contributed by atoms with Crippen LogP contribution >= 0.6 is 23.2 Å². The SMILES string of the molecule is NC(=NO)c1cc(/C=C/C(c2cc(Cl)cc(Cl)c2)C(F)(F)F)ccc1-n1cncn1. The van der Waals surface area contributed by atoms with Crippen LogP contribution < -0.4 is 5.73 Å². The highest BCUT2D eigenvalue weighted by Crippen LogP contribution is 2.38. The Bertz CT molecular complexity index is 1080. The van der Waals surface area contributed by atoms with E-state index in [4.69, 9.17) is 34.1 Å². The molecule has 0 saturated carbocycles. The van der Waals surface area contributed by atoms with Crippen LogP contribution in [0.25, 0.3) is 11.8 Å². The van der Waals surface area contributed by atoms with Crippen LogP contribution in [0.2, 0.25) is 10.0 Å². The molecule has 156 valence electrons. The van der Waals surface area contributed by atoms with Gasteiger partial charge in [-0.25, -0.2) is 9.67 Å². The highest BCUT2D eigenvalue weighted by Gasteiger charge is 2.39. The molecule has 1 aromatic heterocycles. The minimum Gasteiger partial charge on any atom is -0.409 e. The number of amidine groups is 1. The summed E-state index contributed by atoms with van der Waals surface area (Å²) in [5.74, 6) is -2.17. The number of nitrogens with zero attached hydrogens (tertiary/aromatic N) is 4. The molecule has 0 spiro atoms. The second-order valence-electron chi connectivity index (χ2n) is 6.18. The first-order chi connectivity index (χ1) is 14.2. The smallest absolute Gasteiger partial charge is 0.399 e. The molecule has 0 bridgehead atoms. The van der Waals surface area contributed by atoms with Crippen LogP contribution in [-0.4, -0.2) is 32.0 Å². The summed E-state index contributed by atoms with van der Waals surface area (Å²) in [5.41, 5.74) is 6.73. The lowest BCUT2D eigenvalue weighted by Gasteiger charge is -2.18. The summed E-state index contributed by atoms with van der Waals surface area (Å²) in [6, 6.07) is 8.40. The standard InChI is InChI=1S/C19H14Cl2F3N5O/c20-13-6-12(7-14(21)8-13)16(19(22,23)24)3-1-11-2-4-17(29-10-26-9-27-29)15(5-11)18(25)28-30/h1-10,16,30H,(H2,25,28)/b3-1+. The van der Waals surface area contributed by atoms with E-state index in [0.717, 1.165) is 6.08 Å². The number of alkyl halides is 3. The van der Waals surface area contributed by atoms with Gasteiger partial charge in [0.15, 0.2) is 5.84 Å². The van der Waals surface area contributed by atoms with E-state index >= 15 is 0 Å². The van der Waals surface area contributed by atoms with E-state index in [9.17, 15) is 13.2 Å². The van der Waals surface area contributed by atoms with Crippen LogP contribution in [0, 0.1) is 0 Å². The molecule has 11 heteroatoms. The van der Waals surface area contributed by atoms with Gasteiger partial charge in [0.25, 0.3) is 0 Å². The van der Waals surface area contributed by atoms with Crippen LogP contribution in [0.4, 0.5) is 13.2 Å². The van der Waals surface area contributed by atoms with Gasteiger partial charge in [0.1, 0.15) is 12.7 Å². The fraction of sp³-hybridized carbons (Fsp3) is 0.105. The van der Waals surface area contributed by atoms with Gasteiger partial charge in [-0.3, -0.25) is 0 Å². The average Bonchev–Trinajstić information content (AvgIpc) is 3.20. The van der Waals surface area contributed by atoms with Gasteiger partial charge < -0.3 is 10.9 Å². The van der Waals surface area contributed by atoms with Crippen molar-refractivity contribution in [2.24, 2.45) is 10.9 Å². The minimum absolute atomic E-state index is 0.0906. The molecule has 3 aromatic rings. The fourth-order valence-electron chi connectivity index (χ4n) is 2.82. The molecule has 2 aromatic carbocycles. The number of benzene rings is 2. The molecule has 0 amide bonds. The van der Waals surface area contributed by atoms with Crippen molar-refractivity contribution in [3.63, 3.8) is 0 Å². The van der Waals surface area contributed by atoms with E-state index in [1.54, 1.807) is 12.1 Å². The predicted octanol–water partition coefficient (Wildman–Crippen LogP) is 5.03. The van der Waals surface area contributed by atoms with E-state index in [1.807, 2.05) is 0 Å². The van der Waals surface area contributed by atoms with Crippen molar-refractivity contribution in [3.05, 3.63) is 81.9 Å². The van der Waals surface area contributed by atoms with Crippen LogP contribution in [0.3, 0.4) is 0 Å². The zero-order valence-electron chi connectivity index (χ0n) is 15.1. The van der Waals surface area contributed by atoms with Gasteiger partial charge in [0.2, 0.25) is 0 Å². The van der Waals surface area contributed by atoms with Crippen molar-refractivity contribution in [1.29, 1.82) is 0 Å². The summed E-state index contributed by atoms with van der Waals surface area (Å²) < 4.78 is 42.3. The molecule has 0 saturated heterocycles. The van der Waals surface area contributed by atoms with E-state index in [-0.39, 0.29) is 27.0 Å². The molecule has 1 heterocycles. The summed E-state index contributed by atoms with van der Waals surface area (Å²) in [7, 11) is 0. The van der Waals surface area contributed by atoms with Gasteiger partial charge in [-0.2, -0.15) is 18.3 Å². The van der Waals surface area contributed by atoms with Crippen molar-refractivity contribution in [3.8, 4) is 5.69 Å². The molecule has 3 rings (SSSR count). The number of allylic oxidation sites excluding steroid dienone is 1. The van der Waals surface area contributed by atoms with Crippen molar-refractivity contribution in [1.82, 2.24) is 14.8 Å². The number of hydrogen-bond donors (Lipinski definition) is 2. The number of rotatable bonds is 5. The van der Waals surface area contributed by atoms with Crippen molar-refractivity contribution in [2.45, 2.75) is 12.1 Å². The number of halogens is 5. The molecule has 1 unspecified atom stereocenters. The first-order valence-electron chi connectivity index (χ1n) is 8.37. The highest BCUT2D eigenvalue weighted by molar-refractivity contribution is 6.34. The average molecular weight is 456 g/mol. The van der Waals surface area contributed by atoms with Crippen LogP contribution in [-0.2, 0) is 0 Å². The Morgan fingerprint density at radius 3 is 2.43 bits per heavy atom. The maximum atomic E-state index is 13.7. The maximum Gasteiger partial charge on any atom is 0.399 e. The number of aromatic nitrogens is 3. The zero-order chi connectivity index (χ0) is 21.9. The number of hydrogen-bond acceptors (Lipinski definition) is 4. The Balaban J connectivity index is 2.02. The van der Waals surface area contributed by atoms with Crippen LogP contribution in [0.1, 0.15) is 22.6 Å². The van der Waals surface area contributed by atoms with Crippen molar-refractivity contribution < 1.29 is 18.4 Å². The predicted molar refractivity (Wildman–Crippen MR) is 108 cm³/mol. The summed E-state index contributed by atoms with van der Waals surface area (Å²) in [6.07, 6.45) is 0.407. The Morgan fingerprint density at radius 2 is 1.87 bits per heavy atom. The quantitative estimate of drug-likeness (QED) is 0.244. The zero-order valence-corrected chi connectivity index (χ0v) is 16.6. The Labute approximate surface area is 179 Å². The minimum atomic E-state index is -4.57. The van der Waals surface area contributed by atoms with Crippen molar-refractivity contribution >= 4 is 35.1 Å². The van der Waals surface area contributed by atoms with E-state index in [1.165, 1.54) is 47.7 Å². The molecule has 1 atom stereocenters. The molecule has 0 fully saturated rings. The number of oxime groups is 1. The molecule has 3 N–H and O–H groups in total. The lowest BCUT2D eigenvalue weighted by atomic mass is 9.96. The van der Waals surface area contributed by atoms with Gasteiger partial charge in [0.05, 0.1) is 11.6 Å². The molecule has 0 aliphatic carbocycles. The molecular formula is C19H14Cl2F3N5O. The molecule has 6 nitrogen and oxygen atoms in total. The summed E-state index contributed by atoms with van der Waals surface area (Å²) in [4.78, 5) is 3.83. The monoisotopic (exact) mass is 455 g/mol. The van der Waals surface area contributed by atoms with Crippen LogP contribution in [0.15, 0.2) is 60.3 Å².